The van der Waals surface area contributed by atoms with Gasteiger partial charge in [0.05, 0.1) is 19.0 Å². The van der Waals surface area contributed by atoms with E-state index in [0.29, 0.717) is 0 Å². The maximum absolute atomic E-state index is 5.50. The topological polar surface area (TPSA) is 37.9 Å². The molecule has 3 aromatic carbocycles. The summed E-state index contributed by atoms with van der Waals surface area (Å²) in [5, 5.41) is 9.71. The van der Waals surface area contributed by atoms with Gasteiger partial charge in [-0.25, -0.2) is 0 Å². The van der Waals surface area contributed by atoms with Crippen molar-refractivity contribution < 1.29 is 4.74 Å². The Morgan fingerprint density at radius 2 is 1.58 bits per heavy atom. The fourth-order valence-electron chi connectivity index (χ4n) is 3.11. The molecule has 0 aliphatic carbocycles. The van der Waals surface area contributed by atoms with Crippen LogP contribution in [0.1, 0.15) is 5.56 Å². The van der Waals surface area contributed by atoms with E-state index in [1.54, 1.807) is 7.11 Å². The van der Waals surface area contributed by atoms with Crippen LogP contribution in [0, 0.1) is 6.92 Å². The van der Waals surface area contributed by atoms with Gasteiger partial charge in [-0.3, -0.25) is 5.10 Å². The van der Waals surface area contributed by atoms with Gasteiger partial charge in [0.15, 0.2) is 0 Å². The number of H-pyrrole nitrogens is 1. The van der Waals surface area contributed by atoms with Gasteiger partial charge in [-0.1, -0.05) is 54.1 Å². The Hall–Kier alpha value is -3.07. The molecule has 1 heterocycles. The van der Waals surface area contributed by atoms with E-state index in [9.17, 15) is 0 Å². The molecule has 1 aromatic heterocycles. The van der Waals surface area contributed by atoms with Crippen molar-refractivity contribution in [1.82, 2.24) is 10.2 Å². The average Bonchev–Trinajstić information content (AvgIpc) is 3.11. The molecule has 4 aromatic rings. The highest BCUT2D eigenvalue weighted by Crippen LogP contribution is 2.37. The first-order chi connectivity index (χ1) is 11.8. The smallest absolute Gasteiger partial charge is 0.126 e. The van der Waals surface area contributed by atoms with Crippen LogP contribution in [0.15, 0.2) is 66.9 Å². The summed E-state index contributed by atoms with van der Waals surface area (Å²) in [6.45, 7) is 2.09. The van der Waals surface area contributed by atoms with E-state index in [0.717, 1.165) is 38.9 Å². The van der Waals surface area contributed by atoms with Crippen molar-refractivity contribution in [3.8, 4) is 28.1 Å². The van der Waals surface area contributed by atoms with Crippen LogP contribution in [0.3, 0.4) is 0 Å². The number of benzene rings is 3. The van der Waals surface area contributed by atoms with Gasteiger partial charge in [-0.05, 0) is 30.0 Å². The molecule has 0 unspecified atom stereocenters. The van der Waals surface area contributed by atoms with Gasteiger partial charge in [0.2, 0.25) is 0 Å². The number of aromatic nitrogens is 2. The summed E-state index contributed by atoms with van der Waals surface area (Å²) in [7, 11) is 1.70. The molecule has 0 amide bonds. The Bertz CT molecular complexity index is 1000. The van der Waals surface area contributed by atoms with Crippen molar-refractivity contribution >= 4 is 10.8 Å². The monoisotopic (exact) mass is 314 g/mol. The Morgan fingerprint density at radius 1 is 0.833 bits per heavy atom. The third-order valence-electron chi connectivity index (χ3n) is 4.38. The van der Waals surface area contributed by atoms with Crippen LogP contribution >= 0.6 is 0 Å². The number of aromatic amines is 1. The van der Waals surface area contributed by atoms with Crippen LogP contribution in [-0.4, -0.2) is 17.3 Å². The van der Waals surface area contributed by atoms with Crippen LogP contribution in [0.2, 0.25) is 0 Å². The molecule has 3 heteroatoms. The summed E-state index contributed by atoms with van der Waals surface area (Å²) in [6.07, 6.45) is 1.89. The average molecular weight is 314 g/mol. The number of nitrogens with zero attached hydrogens (tertiary/aromatic N) is 1. The van der Waals surface area contributed by atoms with E-state index in [1.165, 1.54) is 5.56 Å². The van der Waals surface area contributed by atoms with Crippen molar-refractivity contribution in [3.05, 3.63) is 72.4 Å². The largest absolute Gasteiger partial charge is 0.496 e. The molecule has 118 valence electrons. The van der Waals surface area contributed by atoms with Crippen molar-refractivity contribution in [3.63, 3.8) is 0 Å². The second-order valence-electron chi connectivity index (χ2n) is 5.89. The summed E-state index contributed by atoms with van der Waals surface area (Å²) in [6, 6.07) is 20.9. The number of ether oxygens (including phenoxy) is 1. The minimum absolute atomic E-state index is 0.880. The molecule has 24 heavy (non-hydrogen) atoms. The Kier molecular flexibility index (Phi) is 3.54. The molecule has 4 rings (SSSR count). The van der Waals surface area contributed by atoms with Gasteiger partial charge in [0, 0.05) is 16.5 Å². The van der Waals surface area contributed by atoms with E-state index in [2.05, 4.69) is 59.6 Å². The zero-order valence-electron chi connectivity index (χ0n) is 13.7. The molecule has 0 aliphatic heterocycles. The number of aryl methyl sites for hydroxylation is 1. The lowest BCUT2D eigenvalue weighted by molar-refractivity contribution is 0.420. The van der Waals surface area contributed by atoms with E-state index in [-0.39, 0.29) is 0 Å². The molecule has 0 saturated carbocycles. The molecule has 0 bridgehead atoms. The summed E-state index contributed by atoms with van der Waals surface area (Å²) < 4.78 is 5.50. The van der Waals surface area contributed by atoms with Crippen LogP contribution in [-0.2, 0) is 0 Å². The lowest BCUT2D eigenvalue weighted by Crippen LogP contribution is -1.89. The second-order valence-corrected chi connectivity index (χ2v) is 5.89. The van der Waals surface area contributed by atoms with E-state index >= 15 is 0 Å². The van der Waals surface area contributed by atoms with Gasteiger partial charge in [-0.2, -0.15) is 5.10 Å². The van der Waals surface area contributed by atoms with Gasteiger partial charge in [-0.15, -0.1) is 0 Å². The number of nitrogens with one attached hydrogen (secondary N) is 1. The highest BCUT2D eigenvalue weighted by atomic mass is 16.5. The fraction of sp³-hybridized carbons (Fsp3) is 0.0952. The quantitative estimate of drug-likeness (QED) is 0.563. The lowest BCUT2D eigenvalue weighted by Gasteiger charge is -2.11. The maximum atomic E-state index is 5.50. The number of hydrogen-bond donors (Lipinski definition) is 1. The molecule has 0 saturated heterocycles. The van der Waals surface area contributed by atoms with Crippen molar-refractivity contribution in [2.45, 2.75) is 6.92 Å². The van der Waals surface area contributed by atoms with Crippen LogP contribution in [0.25, 0.3) is 33.2 Å². The first-order valence-corrected chi connectivity index (χ1v) is 7.94. The predicted octanol–water partition coefficient (Wildman–Crippen LogP) is 5.21. The number of rotatable bonds is 3. The first-order valence-electron chi connectivity index (χ1n) is 7.94. The van der Waals surface area contributed by atoms with Crippen LogP contribution in [0.4, 0.5) is 0 Å². The standard InChI is InChI=1S/C21H18N2O/c1-14-7-9-15(10-8-14)19-13-22-23-21(19)18-11-12-20(24-2)17-6-4-3-5-16(17)18/h3-13H,1-2H3,(H,22,23). The van der Waals surface area contributed by atoms with Crippen LogP contribution in [0.5, 0.6) is 5.75 Å². The SMILES string of the molecule is COc1ccc(-c2[nH]ncc2-c2ccc(C)cc2)c2ccccc12. The number of fused-ring (bicyclic) bond motifs is 1. The van der Waals surface area contributed by atoms with E-state index < -0.39 is 0 Å². The summed E-state index contributed by atoms with van der Waals surface area (Å²) in [4.78, 5) is 0. The van der Waals surface area contributed by atoms with Crippen LogP contribution < -0.4 is 4.74 Å². The Labute approximate surface area is 140 Å². The normalized spacial score (nSPS) is 10.9. The van der Waals surface area contributed by atoms with E-state index in [4.69, 9.17) is 4.74 Å². The zero-order chi connectivity index (χ0) is 16.5. The molecule has 0 aliphatic rings. The molecule has 3 nitrogen and oxygen atoms in total. The minimum Gasteiger partial charge on any atom is -0.496 e. The predicted molar refractivity (Wildman–Crippen MR) is 98.3 cm³/mol. The third kappa shape index (κ3) is 2.35. The molecule has 0 spiro atoms. The third-order valence-corrected chi connectivity index (χ3v) is 4.38. The van der Waals surface area contributed by atoms with Crippen molar-refractivity contribution in [2.75, 3.05) is 7.11 Å². The van der Waals surface area contributed by atoms with E-state index in [1.807, 2.05) is 24.4 Å². The number of hydrogen-bond acceptors (Lipinski definition) is 2. The molecular formula is C21H18N2O. The first kappa shape index (κ1) is 14.5. The Morgan fingerprint density at radius 3 is 2.33 bits per heavy atom. The van der Waals surface area contributed by atoms with Gasteiger partial charge in [0.1, 0.15) is 5.75 Å². The summed E-state index contributed by atoms with van der Waals surface area (Å²) in [5.74, 6) is 0.880. The molecule has 0 atom stereocenters. The zero-order valence-corrected chi connectivity index (χ0v) is 13.7. The second kappa shape index (κ2) is 5.85. The fourth-order valence-corrected chi connectivity index (χ4v) is 3.11. The van der Waals surface area contributed by atoms with Crippen molar-refractivity contribution in [2.24, 2.45) is 0 Å². The van der Waals surface area contributed by atoms with Gasteiger partial charge < -0.3 is 4.74 Å². The highest BCUT2D eigenvalue weighted by Gasteiger charge is 2.14. The highest BCUT2D eigenvalue weighted by molar-refractivity contribution is 6.01. The molecule has 0 fully saturated rings. The maximum Gasteiger partial charge on any atom is 0.126 e. The van der Waals surface area contributed by atoms with Gasteiger partial charge >= 0.3 is 0 Å². The minimum atomic E-state index is 0.880. The van der Waals surface area contributed by atoms with Gasteiger partial charge in [0.25, 0.3) is 0 Å². The lowest BCUT2D eigenvalue weighted by atomic mass is 9.96. The Balaban J connectivity index is 1.94. The molecular weight excluding hydrogens is 296 g/mol. The molecule has 0 radical (unpaired) electrons. The number of methoxy groups -OCH3 is 1. The summed E-state index contributed by atoms with van der Waals surface area (Å²) >= 11 is 0. The van der Waals surface area contributed by atoms with Crippen molar-refractivity contribution in [1.29, 1.82) is 0 Å². The molecule has 1 N–H and O–H groups in total. The summed E-state index contributed by atoms with van der Waals surface area (Å²) in [5.41, 5.74) is 5.66.